The highest BCUT2D eigenvalue weighted by Crippen LogP contribution is 2.31. The summed E-state index contributed by atoms with van der Waals surface area (Å²) in [6, 6.07) is 8.23. The van der Waals surface area contributed by atoms with Crippen molar-refractivity contribution in [2.24, 2.45) is 11.5 Å². The zero-order valence-electron chi connectivity index (χ0n) is 10.8. The number of carbonyl (C=O) groups is 1. The number of hydrogen-bond acceptors (Lipinski definition) is 3. The van der Waals surface area contributed by atoms with Gasteiger partial charge in [-0.25, -0.2) is 0 Å². The van der Waals surface area contributed by atoms with Gasteiger partial charge in [-0.1, -0.05) is 12.1 Å². The maximum atomic E-state index is 11.5. The van der Waals surface area contributed by atoms with Crippen LogP contribution in [0.1, 0.15) is 36.5 Å². The van der Waals surface area contributed by atoms with Gasteiger partial charge in [0, 0.05) is 18.6 Å². The minimum Gasteiger partial charge on any atom is -0.366 e. The molecule has 1 heterocycles. The lowest BCUT2D eigenvalue weighted by Gasteiger charge is -2.42. The second-order valence-electron chi connectivity index (χ2n) is 4.96. The molecule has 0 aromatic heterocycles. The van der Waals surface area contributed by atoms with Crippen LogP contribution in [0.15, 0.2) is 24.3 Å². The van der Waals surface area contributed by atoms with E-state index in [4.69, 9.17) is 11.5 Å². The SMILES string of the molecule is CC1CCCC(CN)N1c1ccccc1C(N)=O. The molecule has 0 aliphatic carbocycles. The Hall–Kier alpha value is -1.55. The summed E-state index contributed by atoms with van der Waals surface area (Å²) in [6.45, 7) is 2.79. The Morgan fingerprint density at radius 1 is 1.39 bits per heavy atom. The standard InChI is InChI=1S/C14H21N3O/c1-10-5-4-6-11(9-15)17(10)13-8-3-2-7-12(13)14(16)18/h2-3,7-8,10-11H,4-6,9,15H2,1H3,(H2,16,18). The van der Waals surface area contributed by atoms with Crippen molar-refractivity contribution in [3.8, 4) is 0 Å². The number of primary amides is 1. The largest absolute Gasteiger partial charge is 0.366 e. The number of hydrogen-bond donors (Lipinski definition) is 2. The van der Waals surface area contributed by atoms with E-state index in [9.17, 15) is 4.79 Å². The molecule has 2 atom stereocenters. The van der Waals surface area contributed by atoms with Crippen LogP contribution in [0.3, 0.4) is 0 Å². The summed E-state index contributed by atoms with van der Waals surface area (Å²) in [5.41, 5.74) is 12.8. The molecule has 0 saturated carbocycles. The normalized spacial score (nSPS) is 24.0. The number of nitrogens with two attached hydrogens (primary N) is 2. The molecule has 1 aromatic carbocycles. The molecular formula is C14H21N3O. The predicted molar refractivity (Wildman–Crippen MR) is 73.6 cm³/mol. The van der Waals surface area contributed by atoms with E-state index in [2.05, 4.69) is 11.8 Å². The van der Waals surface area contributed by atoms with Crippen LogP contribution in [0.4, 0.5) is 5.69 Å². The van der Waals surface area contributed by atoms with Gasteiger partial charge in [0.1, 0.15) is 0 Å². The molecule has 0 bridgehead atoms. The number of benzene rings is 1. The van der Waals surface area contributed by atoms with E-state index in [0.717, 1.165) is 18.5 Å². The monoisotopic (exact) mass is 247 g/mol. The van der Waals surface area contributed by atoms with Gasteiger partial charge in [0.05, 0.1) is 11.3 Å². The molecule has 1 fully saturated rings. The molecule has 98 valence electrons. The fourth-order valence-corrected chi connectivity index (χ4v) is 2.86. The van der Waals surface area contributed by atoms with Crippen molar-refractivity contribution >= 4 is 11.6 Å². The van der Waals surface area contributed by atoms with Gasteiger partial charge in [0.15, 0.2) is 0 Å². The summed E-state index contributed by atoms with van der Waals surface area (Å²) in [4.78, 5) is 13.8. The summed E-state index contributed by atoms with van der Waals surface area (Å²) >= 11 is 0. The molecule has 4 nitrogen and oxygen atoms in total. The Bertz CT molecular complexity index is 433. The topological polar surface area (TPSA) is 72.3 Å². The number of para-hydroxylation sites is 1. The fourth-order valence-electron chi connectivity index (χ4n) is 2.86. The van der Waals surface area contributed by atoms with Gasteiger partial charge in [-0.15, -0.1) is 0 Å². The number of anilines is 1. The van der Waals surface area contributed by atoms with Crippen molar-refractivity contribution < 1.29 is 4.79 Å². The highest BCUT2D eigenvalue weighted by molar-refractivity contribution is 5.98. The van der Waals surface area contributed by atoms with E-state index in [1.807, 2.05) is 18.2 Å². The van der Waals surface area contributed by atoms with E-state index >= 15 is 0 Å². The first-order chi connectivity index (χ1) is 8.65. The third-order valence-corrected chi connectivity index (χ3v) is 3.75. The number of nitrogens with zero attached hydrogens (tertiary/aromatic N) is 1. The molecule has 4 N–H and O–H groups in total. The van der Waals surface area contributed by atoms with Crippen molar-refractivity contribution in [2.45, 2.75) is 38.3 Å². The first kappa shape index (κ1) is 12.9. The Labute approximate surface area is 108 Å². The lowest BCUT2D eigenvalue weighted by molar-refractivity contribution is 0.100. The molecule has 2 unspecified atom stereocenters. The highest BCUT2D eigenvalue weighted by atomic mass is 16.1. The summed E-state index contributed by atoms with van der Waals surface area (Å²) in [7, 11) is 0. The van der Waals surface area contributed by atoms with Gasteiger partial charge in [-0.3, -0.25) is 4.79 Å². The maximum Gasteiger partial charge on any atom is 0.250 e. The van der Waals surface area contributed by atoms with Crippen LogP contribution in [-0.4, -0.2) is 24.5 Å². The molecule has 2 rings (SSSR count). The van der Waals surface area contributed by atoms with Gasteiger partial charge >= 0.3 is 0 Å². The van der Waals surface area contributed by atoms with Crippen LogP contribution in [0.2, 0.25) is 0 Å². The molecular weight excluding hydrogens is 226 g/mol. The number of amides is 1. The van der Waals surface area contributed by atoms with E-state index < -0.39 is 0 Å². The first-order valence-corrected chi connectivity index (χ1v) is 6.52. The van der Waals surface area contributed by atoms with Crippen LogP contribution >= 0.6 is 0 Å². The Balaban J connectivity index is 2.41. The van der Waals surface area contributed by atoms with Gasteiger partial charge < -0.3 is 16.4 Å². The van der Waals surface area contributed by atoms with Crippen molar-refractivity contribution in [2.75, 3.05) is 11.4 Å². The second kappa shape index (κ2) is 5.40. The molecule has 1 aliphatic heterocycles. The van der Waals surface area contributed by atoms with Gasteiger partial charge in [-0.05, 0) is 38.3 Å². The van der Waals surface area contributed by atoms with Gasteiger partial charge in [0.25, 0.3) is 5.91 Å². The minimum atomic E-state index is -0.376. The van der Waals surface area contributed by atoms with E-state index in [-0.39, 0.29) is 5.91 Å². The van der Waals surface area contributed by atoms with E-state index in [1.54, 1.807) is 6.07 Å². The quantitative estimate of drug-likeness (QED) is 0.850. The third-order valence-electron chi connectivity index (χ3n) is 3.75. The van der Waals surface area contributed by atoms with Crippen molar-refractivity contribution in [3.05, 3.63) is 29.8 Å². The zero-order valence-corrected chi connectivity index (χ0v) is 10.8. The predicted octanol–water partition coefficient (Wildman–Crippen LogP) is 1.49. The van der Waals surface area contributed by atoms with Gasteiger partial charge in [-0.2, -0.15) is 0 Å². The molecule has 1 aliphatic rings. The van der Waals surface area contributed by atoms with Crippen molar-refractivity contribution in [1.82, 2.24) is 0 Å². The van der Waals surface area contributed by atoms with E-state index in [1.165, 1.54) is 6.42 Å². The zero-order chi connectivity index (χ0) is 13.1. The molecule has 1 amide bonds. The molecule has 4 heteroatoms. The number of rotatable bonds is 3. The summed E-state index contributed by atoms with van der Waals surface area (Å²) in [6.07, 6.45) is 3.40. The average Bonchev–Trinajstić information content (AvgIpc) is 2.38. The van der Waals surface area contributed by atoms with Crippen LogP contribution in [0, 0.1) is 0 Å². The molecule has 0 radical (unpaired) electrons. The van der Waals surface area contributed by atoms with Gasteiger partial charge in [0.2, 0.25) is 0 Å². The smallest absolute Gasteiger partial charge is 0.250 e. The second-order valence-corrected chi connectivity index (χ2v) is 4.96. The third kappa shape index (κ3) is 2.34. The van der Waals surface area contributed by atoms with Crippen LogP contribution in [0.25, 0.3) is 0 Å². The highest BCUT2D eigenvalue weighted by Gasteiger charge is 2.29. The van der Waals surface area contributed by atoms with Crippen LogP contribution < -0.4 is 16.4 Å². The lowest BCUT2D eigenvalue weighted by atomic mass is 9.94. The first-order valence-electron chi connectivity index (χ1n) is 6.52. The Morgan fingerprint density at radius 3 is 2.78 bits per heavy atom. The van der Waals surface area contributed by atoms with Crippen molar-refractivity contribution in [1.29, 1.82) is 0 Å². The summed E-state index contributed by atoms with van der Waals surface area (Å²) in [5.74, 6) is -0.376. The summed E-state index contributed by atoms with van der Waals surface area (Å²) in [5, 5.41) is 0. The number of piperidine rings is 1. The number of carbonyl (C=O) groups excluding carboxylic acids is 1. The average molecular weight is 247 g/mol. The molecule has 1 aromatic rings. The van der Waals surface area contributed by atoms with E-state index in [0.29, 0.717) is 24.2 Å². The lowest BCUT2D eigenvalue weighted by Crippen LogP contribution is -2.49. The van der Waals surface area contributed by atoms with Crippen molar-refractivity contribution in [3.63, 3.8) is 0 Å². The van der Waals surface area contributed by atoms with Crippen LogP contribution in [-0.2, 0) is 0 Å². The Kier molecular flexibility index (Phi) is 3.87. The fraction of sp³-hybridized carbons (Fsp3) is 0.500. The molecule has 0 spiro atoms. The minimum absolute atomic E-state index is 0.300. The molecule has 18 heavy (non-hydrogen) atoms. The maximum absolute atomic E-state index is 11.5. The van der Waals surface area contributed by atoms with Crippen LogP contribution in [0.5, 0.6) is 0 Å². The molecule has 1 saturated heterocycles. The summed E-state index contributed by atoms with van der Waals surface area (Å²) < 4.78 is 0. The Morgan fingerprint density at radius 2 is 2.11 bits per heavy atom.